The lowest BCUT2D eigenvalue weighted by atomic mass is 10.1. The van der Waals surface area contributed by atoms with Crippen LogP contribution in [-0.4, -0.2) is 13.0 Å². The topological polar surface area (TPSA) is 64.9 Å². The van der Waals surface area contributed by atoms with Crippen LogP contribution in [0.25, 0.3) is 0 Å². The zero-order valence-electron chi connectivity index (χ0n) is 10.8. The van der Waals surface area contributed by atoms with Gasteiger partial charge in [-0.15, -0.1) is 0 Å². The predicted molar refractivity (Wildman–Crippen MR) is 75.1 cm³/mol. The Bertz CT molecular complexity index is 692. The summed E-state index contributed by atoms with van der Waals surface area (Å²) in [7, 11) is 1.65. The Morgan fingerprint density at radius 2 is 2.05 bits per heavy atom. The summed E-state index contributed by atoms with van der Waals surface area (Å²) in [6.07, 6.45) is 0. The number of halogens is 1. The standard InChI is InChI=1S/C15H12FN3O/c1-18-14-6-5-11(16)8-13(14)15(20)19-12-4-2-3-10(7-12)9-17/h2-8,18H,1H3,(H,19,20). The molecule has 0 spiro atoms. The number of nitrogens with zero attached hydrogens (tertiary/aromatic N) is 1. The first kappa shape index (κ1) is 13.6. The fourth-order valence-electron chi connectivity index (χ4n) is 1.79. The van der Waals surface area contributed by atoms with Gasteiger partial charge in [0.1, 0.15) is 5.82 Å². The number of hydrogen-bond donors (Lipinski definition) is 2. The molecule has 0 aliphatic rings. The van der Waals surface area contributed by atoms with Gasteiger partial charge in [-0.3, -0.25) is 4.79 Å². The summed E-state index contributed by atoms with van der Waals surface area (Å²) in [4.78, 5) is 12.1. The van der Waals surface area contributed by atoms with Gasteiger partial charge in [-0.05, 0) is 36.4 Å². The number of rotatable bonds is 3. The third-order valence-electron chi connectivity index (χ3n) is 2.75. The minimum atomic E-state index is -0.486. The number of hydrogen-bond acceptors (Lipinski definition) is 3. The molecule has 0 saturated carbocycles. The van der Waals surface area contributed by atoms with Gasteiger partial charge in [0, 0.05) is 18.4 Å². The molecule has 100 valence electrons. The second kappa shape index (κ2) is 5.85. The van der Waals surface area contributed by atoms with E-state index >= 15 is 0 Å². The molecule has 2 N–H and O–H groups in total. The minimum Gasteiger partial charge on any atom is -0.387 e. The average molecular weight is 269 g/mol. The number of carbonyl (C=O) groups excluding carboxylic acids is 1. The van der Waals surface area contributed by atoms with Crippen LogP contribution in [0.5, 0.6) is 0 Å². The van der Waals surface area contributed by atoms with Gasteiger partial charge in [-0.25, -0.2) is 4.39 Å². The molecule has 0 radical (unpaired) electrons. The molecule has 0 saturated heterocycles. The molecule has 0 unspecified atom stereocenters. The molecular formula is C15H12FN3O. The van der Waals surface area contributed by atoms with Crippen LogP contribution in [0.4, 0.5) is 15.8 Å². The van der Waals surface area contributed by atoms with E-state index in [9.17, 15) is 9.18 Å². The maximum absolute atomic E-state index is 13.3. The highest BCUT2D eigenvalue weighted by Gasteiger charge is 2.12. The second-order valence-electron chi connectivity index (χ2n) is 4.09. The Kier molecular flexibility index (Phi) is 3.96. The van der Waals surface area contributed by atoms with Crippen molar-refractivity contribution in [3.63, 3.8) is 0 Å². The van der Waals surface area contributed by atoms with Crippen molar-refractivity contribution in [2.45, 2.75) is 0 Å². The van der Waals surface area contributed by atoms with Crippen molar-refractivity contribution in [2.75, 3.05) is 17.7 Å². The Hall–Kier alpha value is -2.87. The lowest BCUT2D eigenvalue weighted by molar-refractivity contribution is 0.102. The zero-order valence-corrected chi connectivity index (χ0v) is 10.8. The van der Waals surface area contributed by atoms with Gasteiger partial charge in [0.15, 0.2) is 0 Å². The number of anilines is 2. The maximum atomic E-state index is 13.3. The summed E-state index contributed by atoms with van der Waals surface area (Å²) in [5, 5.41) is 14.3. The van der Waals surface area contributed by atoms with Crippen molar-refractivity contribution in [3.05, 3.63) is 59.4 Å². The predicted octanol–water partition coefficient (Wildman–Crippen LogP) is 2.99. The molecule has 1 amide bonds. The first-order chi connectivity index (χ1) is 9.63. The van der Waals surface area contributed by atoms with E-state index in [1.54, 1.807) is 31.3 Å². The van der Waals surface area contributed by atoms with E-state index in [1.807, 2.05) is 6.07 Å². The van der Waals surface area contributed by atoms with Crippen molar-refractivity contribution < 1.29 is 9.18 Å². The summed E-state index contributed by atoms with van der Waals surface area (Å²) in [6, 6.07) is 12.4. The fraction of sp³-hybridized carbons (Fsp3) is 0.0667. The lowest BCUT2D eigenvalue weighted by Gasteiger charge is -2.10. The number of amides is 1. The summed E-state index contributed by atoms with van der Waals surface area (Å²) in [5.41, 5.74) is 1.66. The van der Waals surface area contributed by atoms with Crippen LogP contribution in [0.2, 0.25) is 0 Å². The molecule has 2 aromatic carbocycles. The summed E-state index contributed by atoms with van der Waals surface area (Å²) >= 11 is 0. The molecule has 0 heterocycles. The SMILES string of the molecule is CNc1ccc(F)cc1C(=O)Nc1cccc(C#N)c1. The van der Waals surface area contributed by atoms with E-state index < -0.39 is 11.7 Å². The quantitative estimate of drug-likeness (QED) is 0.900. The van der Waals surface area contributed by atoms with Gasteiger partial charge in [0.05, 0.1) is 17.2 Å². The van der Waals surface area contributed by atoms with Crippen LogP contribution in [0.15, 0.2) is 42.5 Å². The van der Waals surface area contributed by atoms with Gasteiger partial charge in [-0.2, -0.15) is 5.26 Å². The Morgan fingerprint density at radius 3 is 2.75 bits per heavy atom. The van der Waals surface area contributed by atoms with Crippen molar-refractivity contribution in [2.24, 2.45) is 0 Å². The van der Waals surface area contributed by atoms with E-state index in [4.69, 9.17) is 5.26 Å². The number of benzene rings is 2. The van der Waals surface area contributed by atoms with Crippen LogP contribution in [0.3, 0.4) is 0 Å². The molecule has 0 aromatic heterocycles. The Labute approximate surface area is 115 Å². The molecule has 2 aromatic rings. The average Bonchev–Trinajstić information content (AvgIpc) is 2.47. The van der Waals surface area contributed by atoms with E-state index in [1.165, 1.54) is 12.1 Å². The molecule has 2 rings (SSSR count). The van der Waals surface area contributed by atoms with E-state index in [0.717, 1.165) is 6.07 Å². The number of nitriles is 1. The van der Waals surface area contributed by atoms with Crippen LogP contribution >= 0.6 is 0 Å². The van der Waals surface area contributed by atoms with Gasteiger partial charge >= 0.3 is 0 Å². The van der Waals surface area contributed by atoms with E-state index in [-0.39, 0.29) is 5.56 Å². The molecule has 5 heteroatoms. The maximum Gasteiger partial charge on any atom is 0.257 e. The van der Waals surface area contributed by atoms with Gasteiger partial charge in [-0.1, -0.05) is 6.07 Å². The van der Waals surface area contributed by atoms with Gasteiger partial charge in [0.25, 0.3) is 5.91 Å². The number of carbonyl (C=O) groups is 1. The van der Waals surface area contributed by atoms with Crippen molar-refractivity contribution >= 4 is 17.3 Å². The van der Waals surface area contributed by atoms with Crippen molar-refractivity contribution in [1.29, 1.82) is 5.26 Å². The highest BCUT2D eigenvalue weighted by atomic mass is 19.1. The van der Waals surface area contributed by atoms with Crippen LogP contribution < -0.4 is 10.6 Å². The molecule has 0 aliphatic carbocycles. The molecular weight excluding hydrogens is 257 g/mol. The molecule has 0 atom stereocenters. The van der Waals surface area contributed by atoms with Crippen LogP contribution in [0.1, 0.15) is 15.9 Å². The van der Waals surface area contributed by atoms with E-state index in [0.29, 0.717) is 16.9 Å². The summed E-state index contributed by atoms with van der Waals surface area (Å²) in [6.45, 7) is 0. The first-order valence-electron chi connectivity index (χ1n) is 5.93. The smallest absolute Gasteiger partial charge is 0.257 e. The summed E-state index contributed by atoms with van der Waals surface area (Å²) in [5.74, 6) is -0.927. The number of nitrogens with one attached hydrogen (secondary N) is 2. The Morgan fingerprint density at radius 1 is 1.25 bits per heavy atom. The van der Waals surface area contributed by atoms with Gasteiger partial charge < -0.3 is 10.6 Å². The third-order valence-corrected chi connectivity index (χ3v) is 2.75. The normalized spacial score (nSPS) is 9.65. The highest BCUT2D eigenvalue weighted by Crippen LogP contribution is 2.19. The van der Waals surface area contributed by atoms with Crippen LogP contribution in [-0.2, 0) is 0 Å². The van der Waals surface area contributed by atoms with E-state index in [2.05, 4.69) is 10.6 Å². The molecule has 0 fully saturated rings. The first-order valence-corrected chi connectivity index (χ1v) is 5.93. The minimum absolute atomic E-state index is 0.204. The fourth-order valence-corrected chi connectivity index (χ4v) is 1.79. The Balaban J connectivity index is 2.28. The zero-order chi connectivity index (χ0) is 14.5. The molecule has 4 nitrogen and oxygen atoms in total. The monoisotopic (exact) mass is 269 g/mol. The second-order valence-corrected chi connectivity index (χ2v) is 4.09. The highest BCUT2D eigenvalue weighted by molar-refractivity contribution is 6.08. The third kappa shape index (κ3) is 2.93. The lowest BCUT2D eigenvalue weighted by Crippen LogP contribution is -2.14. The largest absolute Gasteiger partial charge is 0.387 e. The summed E-state index contributed by atoms with van der Waals surface area (Å²) < 4.78 is 13.3. The molecule has 0 bridgehead atoms. The molecule has 0 aliphatic heterocycles. The molecule has 20 heavy (non-hydrogen) atoms. The van der Waals surface area contributed by atoms with Crippen molar-refractivity contribution in [1.82, 2.24) is 0 Å². The van der Waals surface area contributed by atoms with Gasteiger partial charge in [0.2, 0.25) is 0 Å². The van der Waals surface area contributed by atoms with Crippen LogP contribution in [0, 0.1) is 17.1 Å². The van der Waals surface area contributed by atoms with Crippen molar-refractivity contribution in [3.8, 4) is 6.07 Å².